The van der Waals surface area contributed by atoms with Gasteiger partial charge in [-0.1, -0.05) is 62.8 Å². The number of alkyl halides is 1. The zero-order valence-corrected chi connectivity index (χ0v) is 37.5. The number of hydrogen-bond donors (Lipinski definition) is 3. The normalized spacial score (nSPS) is 17.8. The van der Waals surface area contributed by atoms with Gasteiger partial charge < -0.3 is 39.3 Å². The highest BCUT2D eigenvalue weighted by Gasteiger charge is 2.40. The van der Waals surface area contributed by atoms with Crippen LogP contribution in [0.5, 0.6) is 11.5 Å². The van der Waals surface area contributed by atoms with E-state index in [0.717, 1.165) is 75.6 Å². The average Bonchev–Trinajstić information content (AvgIpc) is 3.11. The number of likely N-dealkylation sites (N-methyl/N-ethyl adjacent to an activating group) is 2. The predicted octanol–water partition coefficient (Wildman–Crippen LogP) is 8.65. The molecule has 0 aliphatic heterocycles. The molecule has 55 heavy (non-hydrogen) atoms. The first-order valence-corrected chi connectivity index (χ1v) is 21.3. The molecule has 4 rings (SSSR count). The van der Waals surface area contributed by atoms with Gasteiger partial charge in [-0.05, 0) is 153 Å². The summed E-state index contributed by atoms with van der Waals surface area (Å²) in [6.07, 6.45) is 10.3. The van der Waals surface area contributed by atoms with Crippen molar-refractivity contribution in [3.63, 3.8) is 0 Å². The van der Waals surface area contributed by atoms with Gasteiger partial charge in [0.2, 0.25) is 6.79 Å². The quantitative estimate of drug-likeness (QED) is 0.0825. The van der Waals surface area contributed by atoms with Gasteiger partial charge in [-0.15, -0.1) is 0 Å². The van der Waals surface area contributed by atoms with Gasteiger partial charge in [0.25, 0.3) is 0 Å². The van der Waals surface area contributed by atoms with Crippen molar-refractivity contribution in [3.05, 3.63) is 59.7 Å². The summed E-state index contributed by atoms with van der Waals surface area (Å²) in [4.78, 5) is 26.9. The SMILES string of the molecule is CC(C)(C)C(=O)OCI.CN(C)C[C@@H](c1ccc(O)cc1)C1(O)CCCCC1.CN(C)C[C@@H](c1ccc(OCOC(=O)C(C)(C)C)cc1)C1(O)CCCCC1. The zero-order chi connectivity index (χ0) is 41.5. The lowest BCUT2D eigenvalue weighted by molar-refractivity contribution is -0.159. The minimum absolute atomic E-state index is 0.0700. The van der Waals surface area contributed by atoms with Crippen LogP contribution in [-0.4, -0.2) is 101 Å². The molecule has 312 valence electrons. The lowest BCUT2D eigenvalue weighted by atomic mass is 9.72. The summed E-state index contributed by atoms with van der Waals surface area (Å²) in [5.41, 5.74) is 0.0999. The third kappa shape index (κ3) is 16.9. The summed E-state index contributed by atoms with van der Waals surface area (Å²) in [7, 11) is 8.17. The summed E-state index contributed by atoms with van der Waals surface area (Å²) >= 11 is 2.00. The molecule has 2 atom stereocenters. The number of phenolic OH excluding ortho intramolecular Hbond substituents is 1. The van der Waals surface area contributed by atoms with Gasteiger partial charge in [-0.2, -0.15) is 0 Å². The van der Waals surface area contributed by atoms with Crippen molar-refractivity contribution in [1.29, 1.82) is 0 Å². The highest BCUT2D eigenvalue weighted by Crippen LogP contribution is 2.42. The molecule has 0 radical (unpaired) electrons. The van der Waals surface area contributed by atoms with E-state index in [1.54, 1.807) is 12.1 Å². The topological polar surface area (TPSA) is 129 Å². The standard InChI is InChI=1S/C22H35NO4.C16H25NO2.C6H11IO2/c1-21(2,3)20(24)27-16-26-18-11-9-17(10-12-18)19(15-23(4)5)22(25)13-7-6-8-14-22;1-17(2)12-15(13-6-8-14(18)9-7-13)16(19)10-4-3-5-11-16;1-6(2,3)5(8)9-4-7/h9-12,19,25H,6-8,13-16H2,1-5H3;6-9,15,18-19H,3-5,10-12H2,1-2H3;4H2,1-3H3/t19-;15-;/m00./s1. The molecule has 0 amide bonds. The van der Waals surface area contributed by atoms with E-state index in [9.17, 15) is 24.9 Å². The highest BCUT2D eigenvalue weighted by atomic mass is 127. The Morgan fingerprint density at radius 1 is 0.655 bits per heavy atom. The van der Waals surface area contributed by atoms with Crippen molar-refractivity contribution in [1.82, 2.24) is 9.80 Å². The van der Waals surface area contributed by atoms with Gasteiger partial charge in [-0.25, -0.2) is 0 Å². The maximum absolute atomic E-state index is 11.8. The maximum atomic E-state index is 11.8. The Bertz CT molecular complexity index is 1410. The van der Waals surface area contributed by atoms with Crippen molar-refractivity contribution in [2.24, 2.45) is 10.8 Å². The van der Waals surface area contributed by atoms with Gasteiger partial charge in [0.1, 0.15) is 16.1 Å². The zero-order valence-electron chi connectivity index (χ0n) is 35.3. The van der Waals surface area contributed by atoms with E-state index in [1.807, 2.05) is 129 Å². The van der Waals surface area contributed by atoms with E-state index in [-0.39, 0.29) is 41.7 Å². The molecule has 2 aromatic carbocycles. The first kappa shape index (κ1) is 48.7. The molecule has 0 heterocycles. The first-order chi connectivity index (χ1) is 25.6. The molecule has 0 unspecified atom stereocenters. The minimum atomic E-state index is -0.646. The number of hydrogen-bond acceptors (Lipinski definition) is 10. The fourth-order valence-corrected chi connectivity index (χ4v) is 7.35. The largest absolute Gasteiger partial charge is 0.508 e. The van der Waals surface area contributed by atoms with Crippen LogP contribution >= 0.6 is 22.6 Å². The number of carbonyl (C=O) groups is 2. The highest BCUT2D eigenvalue weighted by molar-refractivity contribution is 14.1. The van der Waals surface area contributed by atoms with Crippen LogP contribution in [0.1, 0.15) is 129 Å². The number of ether oxygens (including phenoxy) is 3. The van der Waals surface area contributed by atoms with Gasteiger partial charge in [0.15, 0.2) is 0 Å². The summed E-state index contributed by atoms with van der Waals surface area (Å²) in [5, 5.41) is 31.7. The monoisotopic (exact) mass is 882 g/mol. The lowest BCUT2D eigenvalue weighted by Crippen LogP contribution is -2.42. The number of rotatable bonds is 12. The van der Waals surface area contributed by atoms with E-state index < -0.39 is 16.6 Å². The molecule has 0 aromatic heterocycles. The number of phenols is 1. The minimum Gasteiger partial charge on any atom is -0.508 e. The van der Waals surface area contributed by atoms with E-state index in [1.165, 1.54) is 12.8 Å². The van der Waals surface area contributed by atoms with Crippen LogP contribution < -0.4 is 4.74 Å². The molecular weight excluding hydrogens is 811 g/mol. The Hall–Kier alpha value is -2.45. The second-order valence-corrected chi connectivity index (χ2v) is 18.5. The molecule has 11 heteroatoms. The number of esters is 2. The Kier molecular flexibility index (Phi) is 19.9. The molecule has 2 fully saturated rings. The van der Waals surface area contributed by atoms with Crippen LogP contribution in [0.2, 0.25) is 0 Å². The number of benzene rings is 2. The molecule has 2 aliphatic carbocycles. The molecule has 3 N–H and O–H groups in total. The second kappa shape index (κ2) is 22.5. The first-order valence-electron chi connectivity index (χ1n) is 19.8. The van der Waals surface area contributed by atoms with E-state index in [0.29, 0.717) is 10.4 Å². The van der Waals surface area contributed by atoms with Crippen LogP contribution in [0.3, 0.4) is 0 Å². The van der Waals surface area contributed by atoms with Gasteiger partial charge in [-0.3, -0.25) is 9.59 Å². The smallest absolute Gasteiger partial charge is 0.314 e. The molecule has 2 aliphatic rings. The van der Waals surface area contributed by atoms with Gasteiger partial charge in [0.05, 0.1) is 22.0 Å². The number of halogens is 1. The summed E-state index contributed by atoms with van der Waals surface area (Å²) < 4.78 is 15.9. The van der Waals surface area contributed by atoms with E-state index >= 15 is 0 Å². The fraction of sp³-hybridized carbons (Fsp3) is 0.682. The number of nitrogens with zero attached hydrogens (tertiary/aromatic N) is 2. The molecule has 0 bridgehead atoms. The van der Waals surface area contributed by atoms with E-state index in [2.05, 4.69) is 9.80 Å². The van der Waals surface area contributed by atoms with Gasteiger partial charge >= 0.3 is 11.9 Å². The molecule has 0 spiro atoms. The van der Waals surface area contributed by atoms with Crippen LogP contribution in [0.4, 0.5) is 0 Å². The van der Waals surface area contributed by atoms with E-state index in [4.69, 9.17) is 14.2 Å². The van der Waals surface area contributed by atoms with Crippen LogP contribution in [0, 0.1) is 10.8 Å². The third-order valence-electron chi connectivity index (χ3n) is 10.2. The lowest BCUT2D eigenvalue weighted by Gasteiger charge is -2.40. The Morgan fingerprint density at radius 2 is 1.02 bits per heavy atom. The van der Waals surface area contributed by atoms with Crippen LogP contribution in [-0.2, 0) is 19.1 Å². The number of carbonyl (C=O) groups excluding carboxylic acids is 2. The van der Waals surface area contributed by atoms with Crippen molar-refractivity contribution in [2.75, 3.05) is 52.7 Å². The number of aliphatic hydroxyl groups is 2. The predicted molar refractivity (Wildman–Crippen MR) is 229 cm³/mol. The summed E-state index contributed by atoms with van der Waals surface area (Å²) in [6, 6.07) is 15.1. The maximum Gasteiger partial charge on any atom is 0.314 e. The van der Waals surface area contributed by atoms with Crippen LogP contribution in [0.15, 0.2) is 48.5 Å². The van der Waals surface area contributed by atoms with Crippen molar-refractivity contribution < 1.29 is 39.1 Å². The van der Waals surface area contributed by atoms with Gasteiger partial charge in [0, 0.05) is 24.9 Å². The summed E-state index contributed by atoms with van der Waals surface area (Å²) in [6.45, 7) is 12.5. The molecule has 2 saturated carbocycles. The van der Waals surface area contributed by atoms with Crippen LogP contribution in [0.25, 0.3) is 0 Å². The van der Waals surface area contributed by atoms with Crippen molar-refractivity contribution >= 4 is 34.5 Å². The summed E-state index contributed by atoms with van der Waals surface area (Å²) in [5.74, 6) is 0.688. The third-order valence-corrected chi connectivity index (χ3v) is 10.5. The molecule has 2 aromatic rings. The Balaban J connectivity index is 0.000000323. The Labute approximate surface area is 345 Å². The molecular formula is C44H71IN2O8. The molecule has 10 nitrogen and oxygen atoms in total. The number of aromatic hydroxyl groups is 1. The second-order valence-electron chi connectivity index (χ2n) is 17.9. The molecule has 0 saturated heterocycles. The fourth-order valence-electron chi connectivity index (χ4n) is 7.06. The van der Waals surface area contributed by atoms with Crippen molar-refractivity contribution in [3.8, 4) is 11.5 Å². The average molecular weight is 883 g/mol. The van der Waals surface area contributed by atoms with Crippen molar-refractivity contribution in [2.45, 2.75) is 129 Å². The Morgan fingerprint density at radius 3 is 1.35 bits per heavy atom.